The molecule has 1 aliphatic carbocycles. The van der Waals surface area contributed by atoms with Crippen molar-refractivity contribution >= 4 is 5.96 Å². The van der Waals surface area contributed by atoms with Gasteiger partial charge in [0, 0.05) is 39.3 Å². The summed E-state index contributed by atoms with van der Waals surface area (Å²) in [6.45, 7) is 6.06. The van der Waals surface area contributed by atoms with E-state index in [0.717, 1.165) is 51.1 Å². The average Bonchev–Trinajstić information content (AvgIpc) is 2.73. The lowest BCUT2D eigenvalue weighted by molar-refractivity contribution is 0.0322. The minimum absolute atomic E-state index is 0.555. The van der Waals surface area contributed by atoms with Crippen LogP contribution in [0.1, 0.15) is 37.7 Å². The first-order valence-electron chi connectivity index (χ1n) is 10.3. The summed E-state index contributed by atoms with van der Waals surface area (Å²) < 4.78 is 11.3. The van der Waals surface area contributed by atoms with Crippen molar-refractivity contribution in [3.05, 3.63) is 29.8 Å². The van der Waals surface area contributed by atoms with E-state index in [2.05, 4.69) is 38.7 Å². The zero-order chi connectivity index (χ0) is 18.7. The molecule has 150 valence electrons. The van der Waals surface area contributed by atoms with Gasteiger partial charge in [-0.1, -0.05) is 31.4 Å². The lowest BCUT2D eigenvalue weighted by atomic mass is 9.96. The predicted molar refractivity (Wildman–Crippen MR) is 109 cm³/mol. The molecule has 1 saturated carbocycles. The minimum atomic E-state index is 0.555. The summed E-state index contributed by atoms with van der Waals surface area (Å²) >= 11 is 0. The molecule has 3 rings (SSSR count). The topological polar surface area (TPSA) is 58.1 Å². The molecule has 0 amide bonds. The quantitative estimate of drug-likeness (QED) is 0.567. The zero-order valence-electron chi connectivity index (χ0n) is 16.6. The highest BCUT2D eigenvalue weighted by Gasteiger charge is 2.14. The second-order valence-corrected chi connectivity index (χ2v) is 7.35. The molecule has 1 aromatic rings. The highest BCUT2D eigenvalue weighted by Crippen LogP contribution is 2.17. The summed E-state index contributed by atoms with van der Waals surface area (Å²) in [6.07, 6.45) is 6.49. The largest absolute Gasteiger partial charge is 0.492 e. The predicted octanol–water partition coefficient (Wildman–Crippen LogP) is 2.40. The number of nitrogens with one attached hydrogen (secondary N) is 2. The van der Waals surface area contributed by atoms with Crippen molar-refractivity contribution in [2.45, 2.75) is 44.7 Å². The number of ether oxygens (including phenoxy) is 2. The van der Waals surface area contributed by atoms with Gasteiger partial charge in [0.2, 0.25) is 0 Å². The number of aliphatic imine (C=N–C) groups is 1. The fourth-order valence-electron chi connectivity index (χ4n) is 3.68. The molecule has 6 nitrogen and oxygen atoms in total. The lowest BCUT2D eigenvalue weighted by Gasteiger charge is -2.26. The zero-order valence-corrected chi connectivity index (χ0v) is 16.6. The standard InChI is InChI=1S/C21H34N4O2/c1-22-21(24-19-7-3-2-4-8-19)23-17-18-6-5-9-20(16-18)27-15-12-25-10-13-26-14-11-25/h5-6,9,16,19H,2-4,7-8,10-15,17H2,1H3,(H2,22,23,24). The third-order valence-corrected chi connectivity index (χ3v) is 5.31. The molecule has 0 spiro atoms. The summed E-state index contributed by atoms with van der Waals surface area (Å²) in [4.78, 5) is 6.75. The Morgan fingerprint density at radius 3 is 2.81 bits per heavy atom. The van der Waals surface area contributed by atoms with Crippen LogP contribution in [0.4, 0.5) is 0 Å². The van der Waals surface area contributed by atoms with E-state index in [1.807, 2.05) is 13.1 Å². The molecule has 27 heavy (non-hydrogen) atoms. The second-order valence-electron chi connectivity index (χ2n) is 7.35. The summed E-state index contributed by atoms with van der Waals surface area (Å²) in [5, 5.41) is 6.98. The molecule has 1 aromatic carbocycles. The van der Waals surface area contributed by atoms with Crippen molar-refractivity contribution in [1.82, 2.24) is 15.5 Å². The Morgan fingerprint density at radius 1 is 1.22 bits per heavy atom. The number of nitrogens with zero attached hydrogens (tertiary/aromatic N) is 2. The molecule has 0 aromatic heterocycles. The second kappa shape index (κ2) is 11.1. The molecule has 2 N–H and O–H groups in total. The van der Waals surface area contributed by atoms with Gasteiger partial charge in [0.1, 0.15) is 12.4 Å². The van der Waals surface area contributed by atoms with Crippen molar-refractivity contribution in [3.63, 3.8) is 0 Å². The lowest BCUT2D eigenvalue weighted by Crippen LogP contribution is -2.43. The van der Waals surface area contributed by atoms with E-state index in [9.17, 15) is 0 Å². The van der Waals surface area contributed by atoms with Gasteiger partial charge in [-0.15, -0.1) is 0 Å². The van der Waals surface area contributed by atoms with Gasteiger partial charge in [0.15, 0.2) is 5.96 Å². The van der Waals surface area contributed by atoms with Crippen LogP contribution in [0.25, 0.3) is 0 Å². The van der Waals surface area contributed by atoms with Crippen LogP contribution >= 0.6 is 0 Å². The molecule has 0 unspecified atom stereocenters. The number of rotatable bonds is 7. The molecule has 1 aliphatic heterocycles. The van der Waals surface area contributed by atoms with E-state index in [1.165, 1.54) is 37.7 Å². The van der Waals surface area contributed by atoms with Gasteiger partial charge in [0.25, 0.3) is 0 Å². The van der Waals surface area contributed by atoms with Crippen LogP contribution in [0.3, 0.4) is 0 Å². The van der Waals surface area contributed by atoms with Gasteiger partial charge in [0.05, 0.1) is 13.2 Å². The molecule has 0 bridgehead atoms. The summed E-state index contributed by atoms with van der Waals surface area (Å²) in [7, 11) is 1.84. The van der Waals surface area contributed by atoms with Gasteiger partial charge in [-0.05, 0) is 30.5 Å². The van der Waals surface area contributed by atoms with Crippen LogP contribution in [0.2, 0.25) is 0 Å². The first-order valence-corrected chi connectivity index (χ1v) is 10.3. The van der Waals surface area contributed by atoms with E-state index in [-0.39, 0.29) is 0 Å². The van der Waals surface area contributed by atoms with Crippen molar-refractivity contribution < 1.29 is 9.47 Å². The minimum Gasteiger partial charge on any atom is -0.492 e. The normalized spacial score (nSPS) is 19.7. The molecule has 2 fully saturated rings. The Bertz CT molecular complexity index is 581. The Labute approximate surface area is 163 Å². The smallest absolute Gasteiger partial charge is 0.191 e. The van der Waals surface area contributed by atoms with Crippen LogP contribution in [0.15, 0.2) is 29.3 Å². The fourth-order valence-corrected chi connectivity index (χ4v) is 3.68. The Balaban J connectivity index is 1.40. The van der Waals surface area contributed by atoms with E-state index in [4.69, 9.17) is 9.47 Å². The van der Waals surface area contributed by atoms with Gasteiger partial charge in [-0.3, -0.25) is 9.89 Å². The van der Waals surface area contributed by atoms with Crippen molar-refractivity contribution in [1.29, 1.82) is 0 Å². The molecular formula is C21H34N4O2. The molecule has 1 saturated heterocycles. The third kappa shape index (κ3) is 7.03. The van der Waals surface area contributed by atoms with Crippen molar-refractivity contribution in [2.75, 3.05) is 46.5 Å². The SMILES string of the molecule is CN=C(NCc1cccc(OCCN2CCOCC2)c1)NC1CCCCC1. The van der Waals surface area contributed by atoms with Crippen molar-refractivity contribution in [2.24, 2.45) is 4.99 Å². The maximum Gasteiger partial charge on any atom is 0.191 e. The Kier molecular flexibility index (Phi) is 8.24. The fraction of sp³-hybridized carbons (Fsp3) is 0.667. The van der Waals surface area contributed by atoms with Gasteiger partial charge in [-0.25, -0.2) is 0 Å². The first-order chi connectivity index (χ1) is 13.3. The molecule has 6 heteroatoms. The number of guanidine groups is 1. The molecule has 0 radical (unpaired) electrons. The van der Waals surface area contributed by atoms with Crippen LogP contribution in [-0.2, 0) is 11.3 Å². The van der Waals surface area contributed by atoms with E-state index in [0.29, 0.717) is 12.6 Å². The first kappa shape index (κ1) is 20.0. The van der Waals surface area contributed by atoms with Crippen LogP contribution in [0.5, 0.6) is 5.75 Å². The van der Waals surface area contributed by atoms with Crippen molar-refractivity contribution in [3.8, 4) is 5.75 Å². The maximum atomic E-state index is 5.95. The average molecular weight is 375 g/mol. The Hall–Kier alpha value is -1.79. The van der Waals surface area contributed by atoms with E-state index < -0.39 is 0 Å². The van der Waals surface area contributed by atoms with E-state index >= 15 is 0 Å². The van der Waals surface area contributed by atoms with Crippen LogP contribution < -0.4 is 15.4 Å². The molecular weight excluding hydrogens is 340 g/mol. The summed E-state index contributed by atoms with van der Waals surface area (Å²) in [5.41, 5.74) is 1.20. The summed E-state index contributed by atoms with van der Waals surface area (Å²) in [5.74, 6) is 1.82. The monoisotopic (exact) mass is 374 g/mol. The highest BCUT2D eigenvalue weighted by atomic mass is 16.5. The third-order valence-electron chi connectivity index (χ3n) is 5.31. The highest BCUT2D eigenvalue weighted by molar-refractivity contribution is 5.79. The van der Waals surface area contributed by atoms with E-state index in [1.54, 1.807) is 0 Å². The molecule has 0 atom stereocenters. The molecule has 1 heterocycles. The number of benzene rings is 1. The number of hydrogen-bond acceptors (Lipinski definition) is 4. The molecule has 2 aliphatic rings. The van der Waals surface area contributed by atoms with Gasteiger partial charge in [-0.2, -0.15) is 0 Å². The number of hydrogen-bond donors (Lipinski definition) is 2. The van der Waals surface area contributed by atoms with Crippen LogP contribution in [0, 0.1) is 0 Å². The Morgan fingerprint density at radius 2 is 2.04 bits per heavy atom. The van der Waals surface area contributed by atoms with Gasteiger partial charge < -0.3 is 20.1 Å². The number of morpholine rings is 1. The van der Waals surface area contributed by atoms with Crippen LogP contribution in [-0.4, -0.2) is 63.4 Å². The summed E-state index contributed by atoms with van der Waals surface area (Å²) in [6, 6.07) is 8.87. The maximum absolute atomic E-state index is 5.95. The van der Waals surface area contributed by atoms with Gasteiger partial charge >= 0.3 is 0 Å².